The summed E-state index contributed by atoms with van der Waals surface area (Å²) in [7, 11) is 3.05. The van der Waals surface area contributed by atoms with Crippen molar-refractivity contribution in [2.24, 2.45) is 0 Å². The molecule has 2 N–H and O–H groups in total. The molecule has 7 heteroatoms. The molecule has 0 saturated heterocycles. The average Bonchev–Trinajstić information content (AvgIpc) is 2.66. The number of hydrogen-bond donors (Lipinski definition) is 2. The molecule has 0 heterocycles. The Morgan fingerprint density at radius 1 is 1.00 bits per heavy atom. The molecule has 0 aliphatic heterocycles. The lowest BCUT2D eigenvalue weighted by Crippen LogP contribution is -2.34. The maximum atomic E-state index is 11.9. The van der Waals surface area contributed by atoms with Crippen LogP contribution in [0.4, 0.5) is 5.69 Å². The van der Waals surface area contributed by atoms with Crippen LogP contribution in [0.3, 0.4) is 0 Å². The molecular weight excluding hydrogens is 322 g/mol. The molecule has 0 aliphatic rings. The van der Waals surface area contributed by atoms with Gasteiger partial charge in [0.25, 0.3) is 0 Å². The van der Waals surface area contributed by atoms with E-state index in [4.69, 9.17) is 14.7 Å². The van der Waals surface area contributed by atoms with Gasteiger partial charge in [0.2, 0.25) is 0 Å². The molecule has 0 spiro atoms. The van der Waals surface area contributed by atoms with Crippen LogP contribution in [-0.4, -0.2) is 26.0 Å². The molecule has 0 atom stereocenters. The molecule has 2 amide bonds. The Morgan fingerprint density at radius 3 is 2.28 bits per heavy atom. The number of nitriles is 1. The number of nitrogens with zero attached hydrogens (tertiary/aromatic N) is 1. The van der Waals surface area contributed by atoms with Crippen molar-refractivity contribution in [3.8, 4) is 17.6 Å². The van der Waals surface area contributed by atoms with Gasteiger partial charge in [0.05, 0.1) is 25.9 Å². The monoisotopic (exact) mass is 339 g/mol. The fraction of sp³-hybridized carbons (Fsp3) is 0.167. The van der Waals surface area contributed by atoms with Gasteiger partial charge in [-0.3, -0.25) is 9.59 Å². The van der Waals surface area contributed by atoms with Crippen molar-refractivity contribution in [2.75, 3.05) is 19.5 Å². The van der Waals surface area contributed by atoms with E-state index >= 15 is 0 Å². The minimum atomic E-state index is -0.787. The maximum absolute atomic E-state index is 11.9. The van der Waals surface area contributed by atoms with Gasteiger partial charge >= 0.3 is 11.8 Å². The van der Waals surface area contributed by atoms with Crippen LogP contribution in [0.5, 0.6) is 11.5 Å². The fourth-order valence-electron chi connectivity index (χ4n) is 2.07. The molecule has 0 aromatic heterocycles. The van der Waals surface area contributed by atoms with E-state index in [-0.39, 0.29) is 6.54 Å². The van der Waals surface area contributed by atoms with Crippen LogP contribution in [0, 0.1) is 11.3 Å². The number of carbonyl (C=O) groups is 2. The average molecular weight is 339 g/mol. The highest BCUT2D eigenvalue weighted by Crippen LogP contribution is 2.27. The highest BCUT2D eigenvalue weighted by Gasteiger charge is 2.14. The minimum Gasteiger partial charge on any atom is -0.493 e. The lowest BCUT2D eigenvalue weighted by molar-refractivity contribution is -0.136. The number of ether oxygens (including phenoxy) is 2. The molecule has 0 saturated carbocycles. The van der Waals surface area contributed by atoms with Crippen LogP contribution >= 0.6 is 0 Å². The highest BCUT2D eigenvalue weighted by atomic mass is 16.5. The molecule has 7 nitrogen and oxygen atoms in total. The molecule has 25 heavy (non-hydrogen) atoms. The number of anilines is 1. The van der Waals surface area contributed by atoms with Crippen molar-refractivity contribution in [1.82, 2.24) is 5.32 Å². The second-order valence-electron chi connectivity index (χ2n) is 5.02. The number of benzene rings is 2. The molecule has 0 bridgehead atoms. The number of nitrogens with one attached hydrogen (secondary N) is 2. The van der Waals surface area contributed by atoms with Crippen LogP contribution in [0.1, 0.15) is 11.1 Å². The van der Waals surface area contributed by atoms with Crippen LogP contribution in [0.25, 0.3) is 0 Å². The first-order valence-electron chi connectivity index (χ1n) is 7.37. The third-order valence-corrected chi connectivity index (χ3v) is 3.38. The van der Waals surface area contributed by atoms with Crippen molar-refractivity contribution in [2.45, 2.75) is 6.54 Å². The van der Waals surface area contributed by atoms with Gasteiger partial charge in [-0.2, -0.15) is 5.26 Å². The van der Waals surface area contributed by atoms with Crippen molar-refractivity contribution < 1.29 is 19.1 Å². The number of rotatable bonds is 5. The van der Waals surface area contributed by atoms with Gasteiger partial charge in [-0.1, -0.05) is 6.07 Å². The summed E-state index contributed by atoms with van der Waals surface area (Å²) < 4.78 is 10.3. The molecule has 2 aromatic rings. The van der Waals surface area contributed by atoms with Gasteiger partial charge in [0.1, 0.15) is 0 Å². The molecule has 2 rings (SSSR count). The first-order chi connectivity index (χ1) is 12.1. The maximum Gasteiger partial charge on any atom is 0.313 e. The Bertz CT molecular complexity index is 810. The Balaban J connectivity index is 1.93. The van der Waals surface area contributed by atoms with Crippen molar-refractivity contribution in [3.63, 3.8) is 0 Å². The van der Waals surface area contributed by atoms with Gasteiger partial charge in [-0.25, -0.2) is 0 Å². The normalized spacial score (nSPS) is 9.64. The van der Waals surface area contributed by atoms with Crippen molar-refractivity contribution in [3.05, 3.63) is 53.6 Å². The predicted octanol–water partition coefficient (Wildman–Crippen LogP) is 1.83. The van der Waals surface area contributed by atoms with E-state index in [1.54, 1.807) is 42.5 Å². The summed E-state index contributed by atoms with van der Waals surface area (Å²) in [5.74, 6) is -0.434. The second kappa shape index (κ2) is 8.36. The SMILES string of the molecule is COc1ccc(CNC(=O)C(=O)Nc2ccc(C#N)cc2)cc1OC. The lowest BCUT2D eigenvalue weighted by Gasteiger charge is -2.10. The smallest absolute Gasteiger partial charge is 0.313 e. The molecular formula is C18H17N3O4. The Kier molecular flexibility index (Phi) is 5.96. The summed E-state index contributed by atoms with van der Waals surface area (Å²) in [6.45, 7) is 0.167. The van der Waals surface area contributed by atoms with Crippen LogP contribution in [-0.2, 0) is 16.1 Å². The van der Waals surface area contributed by atoms with E-state index < -0.39 is 11.8 Å². The summed E-state index contributed by atoms with van der Waals surface area (Å²) >= 11 is 0. The summed E-state index contributed by atoms with van der Waals surface area (Å²) in [6, 6.07) is 13.4. The van der Waals surface area contributed by atoms with E-state index in [1.165, 1.54) is 14.2 Å². The van der Waals surface area contributed by atoms with Gasteiger partial charge in [-0.15, -0.1) is 0 Å². The third kappa shape index (κ3) is 4.72. The van der Waals surface area contributed by atoms with Crippen molar-refractivity contribution in [1.29, 1.82) is 5.26 Å². The number of hydrogen-bond acceptors (Lipinski definition) is 5. The Hall–Kier alpha value is -3.53. The highest BCUT2D eigenvalue weighted by molar-refractivity contribution is 6.39. The molecule has 0 unspecified atom stereocenters. The zero-order chi connectivity index (χ0) is 18.2. The zero-order valence-electron chi connectivity index (χ0n) is 13.8. The second-order valence-corrected chi connectivity index (χ2v) is 5.02. The van der Waals surface area contributed by atoms with E-state index in [2.05, 4.69) is 10.6 Å². The van der Waals surface area contributed by atoms with Crippen LogP contribution < -0.4 is 20.1 Å². The first kappa shape index (κ1) is 17.8. The number of amides is 2. The summed E-state index contributed by atoms with van der Waals surface area (Å²) in [5, 5.41) is 13.7. The fourth-order valence-corrected chi connectivity index (χ4v) is 2.07. The summed E-state index contributed by atoms with van der Waals surface area (Å²) in [5.41, 5.74) is 1.67. The largest absolute Gasteiger partial charge is 0.493 e. The topological polar surface area (TPSA) is 100 Å². The third-order valence-electron chi connectivity index (χ3n) is 3.38. The van der Waals surface area contributed by atoms with Gasteiger partial charge in [-0.05, 0) is 42.0 Å². The summed E-state index contributed by atoms with van der Waals surface area (Å²) in [4.78, 5) is 23.8. The Morgan fingerprint density at radius 2 is 1.68 bits per heavy atom. The first-order valence-corrected chi connectivity index (χ1v) is 7.37. The van der Waals surface area contributed by atoms with E-state index in [9.17, 15) is 9.59 Å². The minimum absolute atomic E-state index is 0.167. The van der Waals surface area contributed by atoms with Crippen LogP contribution in [0.2, 0.25) is 0 Å². The van der Waals surface area contributed by atoms with Gasteiger partial charge in [0.15, 0.2) is 11.5 Å². The Labute approximate surface area is 145 Å². The zero-order valence-corrected chi connectivity index (χ0v) is 13.8. The van der Waals surface area contributed by atoms with E-state index in [0.717, 1.165) is 5.56 Å². The van der Waals surface area contributed by atoms with Gasteiger partial charge in [0, 0.05) is 12.2 Å². The number of methoxy groups -OCH3 is 2. The lowest BCUT2D eigenvalue weighted by atomic mass is 10.2. The van der Waals surface area contributed by atoms with Gasteiger partial charge < -0.3 is 20.1 Å². The van der Waals surface area contributed by atoms with E-state index in [0.29, 0.717) is 22.7 Å². The van der Waals surface area contributed by atoms with Crippen molar-refractivity contribution >= 4 is 17.5 Å². The van der Waals surface area contributed by atoms with E-state index in [1.807, 2.05) is 6.07 Å². The summed E-state index contributed by atoms with van der Waals surface area (Å²) in [6.07, 6.45) is 0. The molecule has 0 fully saturated rings. The quantitative estimate of drug-likeness (QED) is 0.810. The molecule has 0 aliphatic carbocycles. The predicted molar refractivity (Wildman–Crippen MR) is 91.2 cm³/mol. The number of carbonyl (C=O) groups excluding carboxylic acids is 2. The molecule has 128 valence electrons. The molecule has 0 radical (unpaired) electrons. The van der Waals surface area contributed by atoms with Crippen LogP contribution in [0.15, 0.2) is 42.5 Å². The molecule has 2 aromatic carbocycles. The standard InChI is InChI=1S/C18H17N3O4/c1-24-15-8-5-13(9-16(15)25-2)11-20-17(22)18(23)21-14-6-3-12(10-19)4-7-14/h3-9H,11H2,1-2H3,(H,20,22)(H,21,23).